The monoisotopic (exact) mass is 395 g/mol. The van der Waals surface area contributed by atoms with Crippen molar-refractivity contribution < 1.29 is 9.59 Å². The summed E-state index contributed by atoms with van der Waals surface area (Å²) in [4.78, 5) is 24.4. The lowest BCUT2D eigenvalue weighted by Crippen LogP contribution is -2.36. The van der Waals surface area contributed by atoms with Crippen molar-refractivity contribution in [1.29, 1.82) is 0 Å². The lowest BCUT2D eigenvalue weighted by atomic mass is 10.1. The van der Waals surface area contributed by atoms with Crippen LogP contribution in [0.25, 0.3) is 0 Å². The molecule has 1 aromatic carbocycles. The fraction of sp³-hybridized carbons (Fsp3) is 0.250. The van der Waals surface area contributed by atoms with E-state index in [4.69, 9.17) is 5.73 Å². The van der Waals surface area contributed by atoms with E-state index in [1.54, 1.807) is 0 Å². The van der Waals surface area contributed by atoms with Gasteiger partial charge < -0.3 is 16.4 Å². The molecule has 3 amide bonds. The summed E-state index contributed by atoms with van der Waals surface area (Å²) in [7, 11) is 0. The molecule has 2 aromatic rings. The maximum Gasteiger partial charge on any atom is 0.312 e. The Labute approximate surface area is 147 Å². The Bertz CT molecular complexity index is 676. The molecule has 5 nitrogen and oxygen atoms in total. The first kappa shape index (κ1) is 17.5. The Morgan fingerprint density at radius 1 is 1.22 bits per heavy atom. The van der Waals surface area contributed by atoms with E-state index < -0.39 is 12.1 Å². The van der Waals surface area contributed by atoms with Gasteiger partial charge in [0.15, 0.2) is 0 Å². The van der Waals surface area contributed by atoms with Crippen molar-refractivity contribution >= 4 is 39.2 Å². The minimum Gasteiger partial charge on any atom is -0.352 e. The highest BCUT2D eigenvalue weighted by atomic mass is 79.9. The number of primary amides is 1. The number of hydrogen-bond acceptors (Lipinski definition) is 3. The van der Waals surface area contributed by atoms with Crippen LogP contribution < -0.4 is 16.4 Å². The summed E-state index contributed by atoms with van der Waals surface area (Å²) in [5.74, 6) is -0.152. The second-order valence-corrected chi connectivity index (χ2v) is 6.93. The topological polar surface area (TPSA) is 84.2 Å². The molecule has 0 radical (unpaired) electrons. The van der Waals surface area contributed by atoms with Gasteiger partial charge in [0.1, 0.15) is 0 Å². The fourth-order valence-corrected chi connectivity index (χ4v) is 3.68. The maximum absolute atomic E-state index is 12.3. The summed E-state index contributed by atoms with van der Waals surface area (Å²) in [6, 6.07) is 10.3. The Balaban J connectivity index is 2.02. The van der Waals surface area contributed by atoms with E-state index in [0.29, 0.717) is 0 Å². The number of thiophene rings is 1. The minimum atomic E-state index is -0.643. The molecule has 0 saturated heterocycles. The molecule has 0 aliphatic rings. The number of carbonyl (C=O) groups is 2. The number of nitrogens with one attached hydrogen (secondary N) is 2. The zero-order chi connectivity index (χ0) is 16.8. The quantitative estimate of drug-likeness (QED) is 0.699. The van der Waals surface area contributed by atoms with Gasteiger partial charge in [-0.15, -0.1) is 11.3 Å². The first-order valence-electron chi connectivity index (χ1n) is 7.10. The molecule has 0 fully saturated rings. The van der Waals surface area contributed by atoms with Crippen LogP contribution in [-0.4, -0.2) is 11.9 Å². The van der Waals surface area contributed by atoms with Gasteiger partial charge in [-0.3, -0.25) is 4.79 Å². The molecule has 0 aliphatic heterocycles. The molecule has 122 valence electrons. The lowest BCUT2D eigenvalue weighted by molar-refractivity contribution is -0.122. The first-order valence-corrected chi connectivity index (χ1v) is 8.77. The smallest absolute Gasteiger partial charge is 0.312 e. The van der Waals surface area contributed by atoms with E-state index in [0.717, 1.165) is 14.9 Å². The number of hydrogen-bond donors (Lipinski definition) is 3. The molecule has 23 heavy (non-hydrogen) atoms. The molecule has 0 aliphatic carbocycles. The normalized spacial score (nSPS) is 13.1. The predicted molar refractivity (Wildman–Crippen MR) is 95.1 cm³/mol. The van der Waals surface area contributed by atoms with Crippen molar-refractivity contribution in [3.8, 4) is 0 Å². The number of halogens is 1. The highest BCUT2D eigenvalue weighted by Crippen LogP contribution is 2.25. The van der Waals surface area contributed by atoms with Crippen LogP contribution in [0.1, 0.15) is 35.9 Å². The van der Waals surface area contributed by atoms with Gasteiger partial charge in [-0.1, -0.05) is 40.2 Å². The molecule has 1 aromatic heterocycles. The van der Waals surface area contributed by atoms with Gasteiger partial charge in [-0.2, -0.15) is 0 Å². The number of nitrogens with two attached hydrogens (primary N) is 1. The molecule has 4 N–H and O–H groups in total. The van der Waals surface area contributed by atoms with Crippen LogP contribution in [0, 0.1) is 0 Å². The Kier molecular flexibility index (Phi) is 6.18. The predicted octanol–water partition coefficient (Wildman–Crippen LogP) is 3.49. The molecule has 2 atom stereocenters. The van der Waals surface area contributed by atoms with Crippen LogP contribution in [-0.2, 0) is 4.79 Å². The van der Waals surface area contributed by atoms with Gasteiger partial charge in [0.2, 0.25) is 5.91 Å². The third kappa shape index (κ3) is 5.07. The Morgan fingerprint density at radius 2 is 1.96 bits per heavy atom. The van der Waals surface area contributed by atoms with Crippen molar-refractivity contribution in [2.45, 2.75) is 25.4 Å². The van der Waals surface area contributed by atoms with Crippen LogP contribution in [0.2, 0.25) is 0 Å². The third-order valence-corrected chi connectivity index (χ3v) is 5.05. The third-order valence-electron chi connectivity index (χ3n) is 3.34. The van der Waals surface area contributed by atoms with Gasteiger partial charge in [-0.05, 0) is 30.0 Å². The summed E-state index contributed by atoms with van der Waals surface area (Å²) >= 11 is 4.95. The van der Waals surface area contributed by atoms with Gasteiger partial charge in [-0.25, -0.2) is 4.79 Å². The Morgan fingerprint density at radius 3 is 2.57 bits per heavy atom. The van der Waals surface area contributed by atoms with Crippen molar-refractivity contribution in [3.05, 3.63) is 56.7 Å². The molecule has 2 rings (SSSR count). The molecule has 0 spiro atoms. The number of benzene rings is 1. The summed E-state index contributed by atoms with van der Waals surface area (Å²) < 4.78 is 0.942. The SMILES string of the molecule is C[C@@H](NC(=O)C[C@H](NC(N)=O)c1cccs1)c1ccccc1Br. The van der Waals surface area contributed by atoms with Gasteiger partial charge >= 0.3 is 6.03 Å². The number of carbonyl (C=O) groups excluding carboxylic acids is 2. The average Bonchev–Trinajstić information content (AvgIpc) is 3.00. The van der Waals surface area contributed by atoms with E-state index in [1.807, 2.05) is 48.7 Å². The number of urea groups is 1. The molecular formula is C16H18BrN3O2S. The van der Waals surface area contributed by atoms with E-state index >= 15 is 0 Å². The van der Waals surface area contributed by atoms with Crippen LogP contribution in [0.4, 0.5) is 4.79 Å². The summed E-state index contributed by atoms with van der Waals surface area (Å²) in [5.41, 5.74) is 6.20. The molecule has 7 heteroatoms. The zero-order valence-corrected chi connectivity index (χ0v) is 15.0. The fourth-order valence-electron chi connectivity index (χ4n) is 2.27. The van der Waals surface area contributed by atoms with Crippen molar-refractivity contribution in [2.24, 2.45) is 5.73 Å². The van der Waals surface area contributed by atoms with Gasteiger partial charge in [0.25, 0.3) is 0 Å². The molecule has 0 bridgehead atoms. The summed E-state index contributed by atoms with van der Waals surface area (Å²) in [6.07, 6.45) is 0.137. The summed E-state index contributed by atoms with van der Waals surface area (Å²) in [5, 5.41) is 7.46. The average molecular weight is 396 g/mol. The van der Waals surface area contributed by atoms with E-state index in [-0.39, 0.29) is 18.4 Å². The van der Waals surface area contributed by atoms with E-state index in [9.17, 15) is 9.59 Å². The number of amides is 3. The van der Waals surface area contributed by atoms with Crippen LogP contribution in [0.3, 0.4) is 0 Å². The minimum absolute atomic E-state index is 0.137. The largest absolute Gasteiger partial charge is 0.352 e. The highest BCUT2D eigenvalue weighted by molar-refractivity contribution is 9.10. The molecule has 0 saturated carbocycles. The highest BCUT2D eigenvalue weighted by Gasteiger charge is 2.20. The van der Waals surface area contributed by atoms with Crippen molar-refractivity contribution in [3.63, 3.8) is 0 Å². The van der Waals surface area contributed by atoms with Crippen molar-refractivity contribution in [1.82, 2.24) is 10.6 Å². The first-order chi connectivity index (χ1) is 11.0. The van der Waals surface area contributed by atoms with Crippen molar-refractivity contribution in [2.75, 3.05) is 0 Å². The van der Waals surface area contributed by atoms with E-state index in [2.05, 4.69) is 26.6 Å². The summed E-state index contributed by atoms with van der Waals surface area (Å²) in [6.45, 7) is 1.92. The van der Waals surface area contributed by atoms with Crippen LogP contribution in [0.15, 0.2) is 46.3 Å². The standard InChI is InChI=1S/C16H18BrN3O2S/c1-10(11-5-2-3-6-12(11)17)19-15(21)9-13(20-16(18)22)14-7-4-8-23-14/h2-8,10,13H,9H2,1H3,(H,19,21)(H3,18,20,22)/t10-,13+/m1/s1. The Hall–Kier alpha value is -1.86. The van der Waals surface area contributed by atoms with Gasteiger partial charge in [0, 0.05) is 9.35 Å². The van der Waals surface area contributed by atoms with Crippen LogP contribution >= 0.6 is 27.3 Å². The lowest BCUT2D eigenvalue weighted by Gasteiger charge is -2.19. The zero-order valence-electron chi connectivity index (χ0n) is 12.6. The number of rotatable bonds is 6. The van der Waals surface area contributed by atoms with Crippen LogP contribution in [0.5, 0.6) is 0 Å². The maximum atomic E-state index is 12.3. The van der Waals surface area contributed by atoms with E-state index in [1.165, 1.54) is 11.3 Å². The molecule has 0 unspecified atom stereocenters. The molecule has 1 heterocycles. The van der Waals surface area contributed by atoms with Gasteiger partial charge in [0.05, 0.1) is 18.5 Å². The molecular weight excluding hydrogens is 378 g/mol. The second-order valence-electron chi connectivity index (χ2n) is 5.09. The second kappa shape index (κ2) is 8.12.